The quantitative estimate of drug-likeness (QED) is 0.682. The maximum Gasteiger partial charge on any atom is 0.170 e. The zero-order valence-electron chi connectivity index (χ0n) is 11.9. The maximum atomic E-state index is 12.3. The van der Waals surface area contributed by atoms with Gasteiger partial charge in [-0.3, -0.25) is 4.79 Å². The fourth-order valence-corrected chi connectivity index (χ4v) is 2.18. The van der Waals surface area contributed by atoms with E-state index in [1.165, 1.54) is 5.56 Å². The van der Waals surface area contributed by atoms with Crippen LogP contribution in [0.5, 0.6) is 0 Å². The van der Waals surface area contributed by atoms with Gasteiger partial charge in [-0.25, -0.2) is 4.68 Å². The second-order valence-corrected chi connectivity index (χ2v) is 5.09. The number of ketones is 1. The molecule has 3 aromatic rings. The van der Waals surface area contributed by atoms with E-state index < -0.39 is 0 Å². The minimum Gasteiger partial charge on any atom is -0.294 e. The van der Waals surface area contributed by atoms with Crippen molar-refractivity contribution < 1.29 is 4.79 Å². The smallest absolute Gasteiger partial charge is 0.170 e. The molecule has 0 saturated heterocycles. The highest BCUT2D eigenvalue weighted by molar-refractivity contribution is 5.97. The first kappa shape index (κ1) is 13.3. The first-order valence-corrected chi connectivity index (χ1v) is 6.91. The third-order valence-corrected chi connectivity index (χ3v) is 3.41. The molecule has 0 aliphatic heterocycles. The van der Waals surface area contributed by atoms with Crippen molar-refractivity contribution in [2.24, 2.45) is 0 Å². The van der Waals surface area contributed by atoms with Crippen LogP contribution in [-0.2, 0) is 6.42 Å². The average Bonchev–Trinajstić information content (AvgIpc) is 3.00. The molecular weight excluding hydrogens is 260 g/mol. The van der Waals surface area contributed by atoms with E-state index in [4.69, 9.17) is 0 Å². The number of benzene rings is 2. The van der Waals surface area contributed by atoms with Crippen molar-refractivity contribution >= 4 is 5.78 Å². The minimum atomic E-state index is 0.0843. The van der Waals surface area contributed by atoms with Gasteiger partial charge in [-0.1, -0.05) is 48.0 Å². The summed E-state index contributed by atoms with van der Waals surface area (Å²) in [5.74, 6) is 0.0843. The molecule has 0 atom stereocenters. The van der Waals surface area contributed by atoms with Crippen molar-refractivity contribution in [3.63, 3.8) is 0 Å². The number of carbonyl (C=O) groups is 1. The molecule has 104 valence electrons. The monoisotopic (exact) mass is 276 g/mol. The largest absolute Gasteiger partial charge is 0.294 e. The summed E-state index contributed by atoms with van der Waals surface area (Å²) in [6.45, 7) is 2.04. The van der Waals surface area contributed by atoms with Crippen LogP contribution in [0.15, 0.2) is 67.0 Å². The van der Waals surface area contributed by atoms with Gasteiger partial charge in [0, 0.05) is 12.6 Å². The average molecular weight is 276 g/mol. The molecule has 0 amide bonds. The third-order valence-electron chi connectivity index (χ3n) is 3.41. The van der Waals surface area contributed by atoms with E-state index in [9.17, 15) is 4.79 Å². The van der Waals surface area contributed by atoms with E-state index in [1.54, 1.807) is 17.1 Å². The Morgan fingerprint density at radius 1 is 1.05 bits per heavy atom. The zero-order chi connectivity index (χ0) is 14.7. The first-order valence-electron chi connectivity index (χ1n) is 6.91. The lowest BCUT2D eigenvalue weighted by molar-refractivity contribution is 0.0993. The number of nitrogens with zero attached hydrogens (tertiary/aromatic N) is 2. The molecule has 0 spiro atoms. The molecule has 0 unspecified atom stereocenters. The molecule has 2 aromatic carbocycles. The number of hydrogen-bond acceptors (Lipinski definition) is 2. The summed E-state index contributed by atoms with van der Waals surface area (Å²) in [4.78, 5) is 12.3. The van der Waals surface area contributed by atoms with Gasteiger partial charge in [-0.15, -0.1) is 0 Å². The van der Waals surface area contributed by atoms with Crippen molar-refractivity contribution in [2.75, 3.05) is 0 Å². The number of aryl methyl sites for hydroxylation is 1. The molecule has 0 aliphatic rings. The number of rotatable bonds is 4. The van der Waals surface area contributed by atoms with E-state index in [0.29, 0.717) is 12.0 Å². The molecule has 3 nitrogen and oxygen atoms in total. The number of carbonyl (C=O) groups excluding carboxylic acids is 1. The fourth-order valence-electron chi connectivity index (χ4n) is 2.18. The third kappa shape index (κ3) is 3.08. The Morgan fingerprint density at radius 2 is 1.76 bits per heavy atom. The second kappa shape index (κ2) is 5.75. The van der Waals surface area contributed by atoms with Gasteiger partial charge in [0.05, 0.1) is 17.4 Å². The highest BCUT2D eigenvalue weighted by Gasteiger charge is 2.10. The number of hydrogen-bond donors (Lipinski definition) is 0. The highest BCUT2D eigenvalue weighted by Crippen LogP contribution is 2.11. The van der Waals surface area contributed by atoms with Crippen molar-refractivity contribution in [3.05, 3.63) is 83.7 Å². The molecule has 21 heavy (non-hydrogen) atoms. The van der Waals surface area contributed by atoms with Crippen molar-refractivity contribution in [2.45, 2.75) is 13.3 Å². The zero-order valence-corrected chi connectivity index (χ0v) is 11.9. The molecule has 3 rings (SSSR count). The lowest BCUT2D eigenvalue weighted by Gasteiger charge is -2.00. The van der Waals surface area contributed by atoms with E-state index >= 15 is 0 Å². The van der Waals surface area contributed by atoms with E-state index in [0.717, 1.165) is 11.3 Å². The van der Waals surface area contributed by atoms with Crippen LogP contribution in [0.2, 0.25) is 0 Å². The predicted molar refractivity (Wildman–Crippen MR) is 82.8 cm³/mol. The van der Waals surface area contributed by atoms with Crippen LogP contribution >= 0.6 is 0 Å². The van der Waals surface area contributed by atoms with E-state index in [1.807, 2.05) is 61.5 Å². The summed E-state index contributed by atoms with van der Waals surface area (Å²) in [6.07, 6.45) is 3.82. The van der Waals surface area contributed by atoms with Gasteiger partial charge in [0.2, 0.25) is 0 Å². The number of aromatic nitrogens is 2. The van der Waals surface area contributed by atoms with Crippen LogP contribution in [0.3, 0.4) is 0 Å². The van der Waals surface area contributed by atoms with Crippen LogP contribution in [0.1, 0.15) is 21.5 Å². The van der Waals surface area contributed by atoms with Gasteiger partial charge >= 0.3 is 0 Å². The molecule has 1 aromatic heterocycles. The standard InChI is InChI=1S/C18H16N2O/c1-14-7-9-15(10-8-14)11-18(21)16-12-19-20(13-16)17-5-3-2-4-6-17/h2-10,12-13H,11H2,1H3. The molecule has 0 saturated carbocycles. The Labute approximate surface area is 123 Å². The first-order chi connectivity index (χ1) is 10.2. The molecule has 1 heterocycles. The molecule has 0 fully saturated rings. The summed E-state index contributed by atoms with van der Waals surface area (Å²) in [7, 11) is 0. The lowest BCUT2D eigenvalue weighted by Crippen LogP contribution is -2.02. The molecule has 0 N–H and O–H groups in total. The Hall–Kier alpha value is -2.68. The summed E-state index contributed by atoms with van der Waals surface area (Å²) in [5, 5.41) is 4.26. The summed E-state index contributed by atoms with van der Waals surface area (Å²) in [5.41, 5.74) is 3.81. The van der Waals surface area contributed by atoms with Gasteiger partial charge in [0.1, 0.15) is 0 Å². The van der Waals surface area contributed by atoms with E-state index in [2.05, 4.69) is 5.10 Å². The van der Waals surface area contributed by atoms with Gasteiger partial charge in [0.25, 0.3) is 0 Å². The van der Waals surface area contributed by atoms with Crippen LogP contribution in [0.4, 0.5) is 0 Å². The van der Waals surface area contributed by atoms with Crippen LogP contribution in [0, 0.1) is 6.92 Å². The van der Waals surface area contributed by atoms with Gasteiger partial charge in [-0.05, 0) is 24.6 Å². The summed E-state index contributed by atoms with van der Waals surface area (Å²) < 4.78 is 1.72. The summed E-state index contributed by atoms with van der Waals surface area (Å²) >= 11 is 0. The summed E-state index contributed by atoms with van der Waals surface area (Å²) in [6, 6.07) is 17.8. The molecule has 0 aliphatic carbocycles. The molecular formula is C18H16N2O. The van der Waals surface area contributed by atoms with E-state index in [-0.39, 0.29) is 5.78 Å². The van der Waals surface area contributed by atoms with Gasteiger partial charge < -0.3 is 0 Å². The number of para-hydroxylation sites is 1. The van der Waals surface area contributed by atoms with Crippen LogP contribution < -0.4 is 0 Å². The normalized spacial score (nSPS) is 10.5. The van der Waals surface area contributed by atoms with Crippen molar-refractivity contribution in [1.29, 1.82) is 0 Å². The minimum absolute atomic E-state index is 0.0843. The maximum absolute atomic E-state index is 12.3. The van der Waals surface area contributed by atoms with Crippen molar-refractivity contribution in [1.82, 2.24) is 9.78 Å². The molecule has 0 bridgehead atoms. The Balaban J connectivity index is 1.77. The Morgan fingerprint density at radius 3 is 2.48 bits per heavy atom. The fraction of sp³-hybridized carbons (Fsp3) is 0.111. The Kier molecular flexibility index (Phi) is 3.65. The molecule has 3 heteroatoms. The highest BCUT2D eigenvalue weighted by atomic mass is 16.1. The topological polar surface area (TPSA) is 34.9 Å². The second-order valence-electron chi connectivity index (χ2n) is 5.09. The SMILES string of the molecule is Cc1ccc(CC(=O)c2cnn(-c3ccccc3)c2)cc1. The Bertz CT molecular complexity index is 742. The van der Waals surface area contributed by atoms with Crippen LogP contribution in [0.25, 0.3) is 5.69 Å². The lowest BCUT2D eigenvalue weighted by atomic mass is 10.0. The van der Waals surface area contributed by atoms with Crippen LogP contribution in [-0.4, -0.2) is 15.6 Å². The van der Waals surface area contributed by atoms with Crippen molar-refractivity contribution in [3.8, 4) is 5.69 Å². The van der Waals surface area contributed by atoms with Gasteiger partial charge in [0.15, 0.2) is 5.78 Å². The molecule has 0 radical (unpaired) electrons. The predicted octanol–water partition coefficient (Wildman–Crippen LogP) is 3.61. The van der Waals surface area contributed by atoms with Gasteiger partial charge in [-0.2, -0.15) is 5.10 Å². The number of Topliss-reactive ketones (excluding diaryl/α,β-unsaturated/α-hetero) is 1.